The number of nitrogens with zero attached hydrogens (tertiary/aromatic N) is 3. The van der Waals surface area contributed by atoms with E-state index in [4.69, 9.17) is 14.5 Å². The maximum Gasteiger partial charge on any atom is 0.266 e. The highest BCUT2D eigenvalue weighted by molar-refractivity contribution is 7.22. The predicted molar refractivity (Wildman–Crippen MR) is 138 cm³/mol. The van der Waals surface area contributed by atoms with Gasteiger partial charge in [0.05, 0.1) is 23.4 Å². The summed E-state index contributed by atoms with van der Waals surface area (Å²) in [5.41, 5.74) is 3.37. The summed E-state index contributed by atoms with van der Waals surface area (Å²) in [5, 5.41) is 2.96. The Bertz CT molecular complexity index is 1270. The molecular weight excluding hydrogens is 446 g/mol. The molecule has 0 spiro atoms. The van der Waals surface area contributed by atoms with Crippen LogP contribution in [0, 0.1) is 13.8 Å². The lowest BCUT2D eigenvalue weighted by Crippen LogP contribution is -2.44. The second-order valence-corrected chi connectivity index (χ2v) is 9.71. The summed E-state index contributed by atoms with van der Waals surface area (Å²) in [6.45, 7) is 8.74. The van der Waals surface area contributed by atoms with Gasteiger partial charge in [-0.15, -0.1) is 0 Å². The molecule has 6 nitrogen and oxygen atoms in total. The average molecular weight is 476 g/mol. The molecule has 7 heteroatoms. The van der Waals surface area contributed by atoms with Gasteiger partial charge in [0, 0.05) is 26.2 Å². The lowest BCUT2D eigenvalue weighted by atomic mass is 10.1. The molecule has 1 aromatic heterocycles. The van der Waals surface area contributed by atoms with Crippen LogP contribution >= 0.6 is 11.3 Å². The van der Waals surface area contributed by atoms with Crippen molar-refractivity contribution in [1.82, 2.24) is 9.88 Å². The van der Waals surface area contributed by atoms with Gasteiger partial charge in [0.25, 0.3) is 5.91 Å². The van der Waals surface area contributed by atoms with Crippen molar-refractivity contribution in [3.8, 4) is 5.75 Å². The minimum absolute atomic E-state index is 0.0323. The zero-order valence-corrected chi connectivity index (χ0v) is 20.4. The Morgan fingerprint density at radius 3 is 2.65 bits per heavy atom. The number of amides is 1. The van der Waals surface area contributed by atoms with Crippen LogP contribution in [0.2, 0.25) is 0 Å². The Kier molecular flexibility index (Phi) is 6.76. The van der Waals surface area contributed by atoms with E-state index in [2.05, 4.69) is 36.9 Å². The van der Waals surface area contributed by atoms with E-state index in [1.54, 1.807) is 16.2 Å². The lowest BCUT2D eigenvalue weighted by molar-refractivity contribution is -0.120. The van der Waals surface area contributed by atoms with Crippen LogP contribution in [0.25, 0.3) is 21.0 Å². The first-order chi connectivity index (χ1) is 16.6. The first-order valence-electron chi connectivity index (χ1n) is 11.7. The van der Waals surface area contributed by atoms with Crippen molar-refractivity contribution in [1.29, 1.82) is 0 Å². The first kappa shape index (κ1) is 22.8. The Morgan fingerprint density at radius 1 is 1.06 bits per heavy atom. The van der Waals surface area contributed by atoms with E-state index in [9.17, 15) is 4.79 Å². The molecule has 176 valence electrons. The monoisotopic (exact) mass is 475 g/mol. The van der Waals surface area contributed by atoms with Gasteiger partial charge in [-0.2, -0.15) is 0 Å². The molecule has 1 fully saturated rings. The summed E-state index contributed by atoms with van der Waals surface area (Å²) in [6.07, 6.45) is 0. The van der Waals surface area contributed by atoms with Gasteiger partial charge in [-0.3, -0.25) is 14.6 Å². The Balaban J connectivity index is 1.35. The fourth-order valence-corrected chi connectivity index (χ4v) is 5.25. The van der Waals surface area contributed by atoms with Crippen LogP contribution < -0.4 is 9.64 Å². The van der Waals surface area contributed by atoms with Gasteiger partial charge < -0.3 is 9.47 Å². The smallest absolute Gasteiger partial charge is 0.266 e. The van der Waals surface area contributed by atoms with Crippen LogP contribution in [0.4, 0.5) is 5.13 Å². The molecule has 0 bridgehead atoms. The van der Waals surface area contributed by atoms with E-state index < -0.39 is 0 Å². The molecule has 4 aromatic rings. The fourth-order valence-electron chi connectivity index (χ4n) is 4.16. The maximum absolute atomic E-state index is 13.4. The van der Waals surface area contributed by atoms with Gasteiger partial charge in [-0.05, 0) is 60.0 Å². The van der Waals surface area contributed by atoms with Crippen LogP contribution in [-0.4, -0.2) is 61.8 Å². The minimum Gasteiger partial charge on any atom is -0.484 e. The number of anilines is 1. The molecule has 1 aliphatic heterocycles. The molecule has 0 saturated carbocycles. The molecule has 0 aliphatic carbocycles. The Morgan fingerprint density at radius 2 is 1.82 bits per heavy atom. The highest BCUT2D eigenvalue weighted by atomic mass is 32.1. The molecule has 1 saturated heterocycles. The molecule has 0 radical (unpaired) electrons. The van der Waals surface area contributed by atoms with Gasteiger partial charge in [-0.25, -0.2) is 4.98 Å². The minimum atomic E-state index is -0.0890. The highest BCUT2D eigenvalue weighted by Crippen LogP contribution is 2.31. The topological polar surface area (TPSA) is 54.9 Å². The molecule has 1 amide bonds. The van der Waals surface area contributed by atoms with Crippen LogP contribution in [0.1, 0.15) is 11.1 Å². The number of benzene rings is 3. The third-order valence-electron chi connectivity index (χ3n) is 6.35. The highest BCUT2D eigenvalue weighted by Gasteiger charge is 2.22. The number of rotatable bonds is 7. The molecule has 3 aromatic carbocycles. The largest absolute Gasteiger partial charge is 0.484 e. The van der Waals surface area contributed by atoms with Crippen molar-refractivity contribution in [2.75, 3.05) is 50.9 Å². The summed E-state index contributed by atoms with van der Waals surface area (Å²) >= 11 is 1.56. The summed E-state index contributed by atoms with van der Waals surface area (Å²) < 4.78 is 12.5. The van der Waals surface area contributed by atoms with Crippen LogP contribution in [-0.2, 0) is 9.53 Å². The first-order valence-corrected chi connectivity index (χ1v) is 12.5. The molecule has 0 atom stereocenters. The molecule has 34 heavy (non-hydrogen) atoms. The van der Waals surface area contributed by atoms with Gasteiger partial charge >= 0.3 is 0 Å². The standard InChI is InChI=1S/C27H29N3O3S/c1-19-15-24-25(16-20(19)2)34-27(28-24)30(10-9-29-11-13-32-14-12-29)26(31)18-33-23-8-7-21-5-3-4-6-22(21)17-23/h3-8,15-17H,9-14,18H2,1-2H3. The number of ether oxygens (including phenoxy) is 2. The molecule has 0 N–H and O–H groups in total. The van der Waals surface area contributed by atoms with E-state index in [0.29, 0.717) is 12.3 Å². The number of thiazole rings is 1. The second-order valence-electron chi connectivity index (χ2n) is 8.70. The van der Waals surface area contributed by atoms with E-state index in [-0.39, 0.29) is 12.5 Å². The van der Waals surface area contributed by atoms with E-state index in [1.165, 1.54) is 11.1 Å². The normalized spacial score (nSPS) is 14.5. The number of hydrogen-bond donors (Lipinski definition) is 0. The van der Waals surface area contributed by atoms with E-state index in [0.717, 1.165) is 59.0 Å². The quantitative estimate of drug-likeness (QED) is 0.384. The van der Waals surface area contributed by atoms with Gasteiger partial charge in [0.1, 0.15) is 5.75 Å². The van der Waals surface area contributed by atoms with E-state index in [1.807, 2.05) is 36.4 Å². The molecule has 0 unspecified atom stereocenters. The van der Waals surface area contributed by atoms with Crippen LogP contribution in [0.15, 0.2) is 54.6 Å². The van der Waals surface area contributed by atoms with Crippen molar-refractivity contribution in [3.05, 3.63) is 65.7 Å². The van der Waals surface area contributed by atoms with Crippen molar-refractivity contribution >= 4 is 43.4 Å². The zero-order chi connectivity index (χ0) is 23.5. The number of aromatic nitrogens is 1. The SMILES string of the molecule is Cc1cc2nc(N(CCN3CCOCC3)C(=O)COc3ccc4ccccc4c3)sc2cc1C. The van der Waals surface area contributed by atoms with Crippen molar-refractivity contribution in [2.45, 2.75) is 13.8 Å². The Labute approximate surface area is 203 Å². The lowest BCUT2D eigenvalue weighted by Gasteiger charge is -2.29. The molecule has 5 rings (SSSR count). The summed E-state index contributed by atoms with van der Waals surface area (Å²) in [5.74, 6) is 0.602. The number of morpholine rings is 1. The second kappa shape index (κ2) is 10.1. The van der Waals surface area contributed by atoms with Crippen molar-refractivity contribution in [3.63, 3.8) is 0 Å². The number of hydrogen-bond acceptors (Lipinski definition) is 6. The van der Waals surface area contributed by atoms with Gasteiger partial charge in [0.2, 0.25) is 0 Å². The number of carbonyl (C=O) groups excluding carboxylic acids is 1. The molecule has 1 aliphatic rings. The third-order valence-corrected chi connectivity index (χ3v) is 7.39. The van der Waals surface area contributed by atoms with Gasteiger partial charge in [-0.1, -0.05) is 41.7 Å². The zero-order valence-electron chi connectivity index (χ0n) is 19.6. The average Bonchev–Trinajstić information content (AvgIpc) is 3.25. The maximum atomic E-state index is 13.4. The summed E-state index contributed by atoms with van der Waals surface area (Å²) in [4.78, 5) is 22.3. The van der Waals surface area contributed by atoms with Crippen molar-refractivity contribution < 1.29 is 14.3 Å². The van der Waals surface area contributed by atoms with Crippen LogP contribution in [0.5, 0.6) is 5.75 Å². The summed E-state index contributed by atoms with van der Waals surface area (Å²) in [6, 6.07) is 18.3. The summed E-state index contributed by atoms with van der Waals surface area (Å²) in [7, 11) is 0. The third kappa shape index (κ3) is 5.06. The number of carbonyl (C=O) groups is 1. The van der Waals surface area contributed by atoms with Crippen molar-refractivity contribution in [2.24, 2.45) is 0 Å². The number of fused-ring (bicyclic) bond motifs is 2. The Hall–Kier alpha value is -3.00. The van der Waals surface area contributed by atoms with Crippen LogP contribution in [0.3, 0.4) is 0 Å². The molecule has 2 heterocycles. The molecular formula is C27H29N3O3S. The van der Waals surface area contributed by atoms with Gasteiger partial charge in [0.15, 0.2) is 11.7 Å². The van der Waals surface area contributed by atoms with E-state index >= 15 is 0 Å². The number of aryl methyl sites for hydroxylation is 2. The fraction of sp³-hybridized carbons (Fsp3) is 0.333. The predicted octanol–water partition coefficient (Wildman–Crippen LogP) is 4.81.